The van der Waals surface area contributed by atoms with Gasteiger partial charge in [0.1, 0.15) is 10.8 Å². The molecule has 0 spiro atoms. The number of pyridine rings is 1. The molecule has 0 saturated heterocycles. The largest absolute Gasteiger partial charge is 0.318 e. The molecule has 2 aromatic heterocycles. The first-order chi connectivity index (χ1) is 12.0. The molecule has 3 aromatic rings. The van der Waals surface area contributed by atoms with Crippen LogP contribution in [0.4, 0.5) is 5.69 Å². The summed E-state index contributed by atoms with van der Waals surface area (Å²) in [4.78, 5) is 16.2. The minimum absolute atomic E-state index is 0.000522. The Kier molecular flexibility index (Phi) is 5.49. The van der Waals surface area contributed by atoms with Gasteiger partial charge in [0.15, 0.2) is 0 Å². The fourth-order valence-corrected chi connectivity index (χ4v) is 2.93. The molecule has 0 aliphatic rings. The van der Waals surface area contributed by atoms with E-state index in [1.54, 1.807) is 10.9 Å². The number of benzene rings is 1. The molecule has 1 aromatic carbocycles. The van der Waals surface area contributed by atoms with E-state index in [1.807, 2.05) is 30.3 Å². The molecule has 5 nitrogen and oxygen atoms in total. The second kappa shape index (κ2) is 7.62. The van der Waals surface area contributed by atoms with Crippen molar-refractivity contribution in [2.75, 3.05) is 5.32 Å². The van der Waals surface area contributed by atoms with Crippen molar-refractivity contribution in [1.29, 1.82) is 0 Å². The molecule has 0 bridgehead atoms. The van der Waals surface area contributed by atoms with Crippen molar-refractivity contribution in [3.05, 3.63) is 74.2 Å². The van der Waals surface area contributed by atoms with Crippen LogP contribution in [0.2, 0.25) is 20.2 Å². The normalized spacial score (nSPS) is 10.7. The summed E-state index contributed by atoms with van der Waals surface area (Å²) < 4.78 is 1.70. The fraction of sp³-hybridized carbons (Fsp3) is 0.0625. The summed E-state index contributed by atoms with van der Waals surface area (Å²) in [5.41, 5.74) is 1.46. The number of aromatic nitrogens is 3. The van der Waals surface area contributed by atoms with Crippen LogP contribution in [0, 0.1) is 0 Å². The summed E-state index contributed by atoms with van der Waals surface area (Å²) in [6.45, 7) is 0.578. The molecule has 128 valence electrons. The van der Waals surface area contributed by atoms with Crippen LogP contribution < -0.4 is 5.32 Å². The monoisotopic (exact) mass is 414 g/mol. The van der Waals surface area contributed by atoms with Crippen molar-refractivity contribution in [1.82, 2.24) is 14.8 Å². The van der Waals surface area contributed by atoms with Crippen LogP contribution in [-0.2, 0) is 6.54 Å². The summed E-state index contributed by atoms with van der Waals surface area (Å²) in [6.07, 6.45) is 3.21. The molecule has 0 radical (unpaired) electrons. The average Bonchev–Trinajstić information content (AvgIpc) is 3.04. The lowest BCUT2D eigenvalue weighted by atomic mass is 10.2. The van der Waals surface area contributed by atoms with E-state index in [2.05, 4.69) is 15.4 Å². The Hall–Kier alpha value is -1.79. The van der Waals surface area contributed by atoms with E-state index < -0.39 is 5.91 Å². The van der Waals surface area contributed by atoms with Crippen molar-refractivity contribution in [3.8, 4) is 0 Å². The first kappa shape index (κ1) is 18.0. The molecule has 3 rings (SSSR count). The van der Waals surface area contributed by atoms with Gasteiger partial charge in [-0.15, -0.1) is 0 Å². The molecule has 9 heteroatoms. The van der Waals surface area contributed by atoms with Gasteiger partial charge >= 0.3 is 0 Å². The summed E-state index contributed by atoms with van der Waals surface area (Å²) in [5.74, 6) is -0.565. The first-order valence-corrected chi connectivity index (χ1v) is 8.54. The van der Waals surface area contributed by atoms with Gasteiger partial charge in [-0.1, -0.05) is 76.7 Å². The third kappa shape index (κ3) is 4.07. The molecule has 0 fully saturated rings. The predicted molar refractivity (Wildman–Crippen MR) is 100 cm³/mol. The number of rotatable bonds is 4. The van der Waals surface area contributed by atoms with Crippen molar-refractivity contribution < 1.29 is 4.79 Å². The molecule has 2 heterocycles. The molecule has 0 aliphatic carbocycles. The highest BCUT2D eigenvalue weighted by Crippen LogP contribution is 2.36. The number of nitrogens with zero attached hydrogens (tertiary/aromatic N) is 3. The molecule has 0 saturated carbocycles. The zero-order valence-corrected chi connectivity index (χ0v) is 15.5. The number of amides is 1. The molecule has 0 aliphatic heterocycles. The predicted octanol–water partition coefficient (Wildman–Crippen LogP) is 5.19. The van der Waals surface area contributed by atoms with Crippen LogP contribution in [0.15, 0.2) is 42.7 Å². The zero-order valence-electron chi connectivity index (χ0n) is 12.5. The highest BCUT2D eigenvalue weighted by Gasteiger charge is 2.20. The summed E-state index contributed by atoms with van der Waals surface area (Å²) in [7, 11) is 0. The molecule has 1 amide bonds. The third-order valence-electron chi connectivity index (χ3n) is 3.28. The van der Waals surface area contributed by atoms with Gasteiger partial charge in [-0.2, -0.15) is 5.10 Å². The van der Waals surface area contributed by atoms with Crippen LogP contribution in [0.5, 0.6) is 0 Å². The van der Waals surface area contributed by atoms with Gasteiger partial charge in [0.05, 0.1) is 33.5 Å². The molecular weight excluding hydrogens is 406 g/mol. The van der Waals surface area contributed by atoms with E-state index in [-0.39, 0.29) is 25.9 Å². The van der Waals surface area contributed by atoms with E-state index in [9.17, 15) is 4.79 Å². The summed E-state index contributed by atoms with van der Waals surface area (Å²) in [6, 6.07) is 9.81. The summed E-state index contributed by atoms with van der Waals surface area (Å²) >= 11 is 23.7. The first-order valence-electron chi connectivity index (χ1n) is 7.03. The standard InChI is InChI=1S/C16H10Cl4N4O/c17-11-12(18)14(23-15(20)13(11)19)16(25)22-10-6-21-24(8-10)7-9-4-2-1-3-5-9/h1-6,8H,7H2,(H,22,25). The van der Waals surface area contributed by atoms with Gasteiger partial charge in [0, 0.05) is 6.20 Å². The minimum atomic E-state index is -0.565. The lowest BCUT2D eigenvalue weighted by Gasteiger charge is -2.07. The SMILES string of the molecule is O=C(Nc1cnn(Cc2ccccc2)c1)c1nc(Cl)c(Cl)c(Cl)c1Cl. The van der Waals surface area contributed by atoms with Crippen molar-refractivity contribution >= 4 is 58.0 Å². The van der Waals surface area contributed by atoms with E-state index in [0.717, 1.165) is 5.56 Å². The molecule has 25 heavy (non-hydrogen) atoms. The third-order valence-corrected chi connectivity index (χ3v) is 4.96. The van der Waals surface area contributed by atoms with Crippen LogP contribution in [0.25, 0.3) is 0 Å². The maximum Gasteiger partial charge on any atom is 0.276 e. The smallest absolute Gasteiger partial charge is 0.276 e. The van der Waals surface area contributed by atoms with E-state index >= 15 is 0 Å². The Morgan fingerprint density at radius 2 is 1.76 bits per heavy atom. The lowest BCUT2D eigenvalue weighted by molar-refractivity contribution is 0.102. The van der Waals surface area contributed by atoms with E-state index in [1.165, 1.54) is 6.20 Å². The van der Waals surface area contributed by atoms with Crippen LogP contribution in [-0.4, -0.2) is 20.7 Å². The van der Waals surface area contributed by atoms with E-state index in [4.69, 9.17) is 46.4 Å². The highest BCUT2D eigenvalue weighted by atomic mass is 35.5. The van der Waals surface area contributed by atoms with Crippen molar-refractivity contribution in [2.45, 2.75) is 6.54 Å². The Labute approximate surface area is 163 Å². The Morgan fingerprint density at radius 1 is 1.04 bits per heavy atom. The Balaban J connectivity index is 1.76. The molecule has 0 atom stereocenters. The Bertz CT molecular complexity index is 927. The van der Waals surface area contributed by atoms with Crippen molar-refractivity contribution in [3.63, 3.8) is 0 Å². The fourth-order valence-electron chi connectivity index (χ4n) is 2.11. The molecule has 0 unspecified atom stereocenters. The average molecular weight is 416 g/mol. The second-order valence-electron chi connectivity index (χ2n) is 5.06. The minimum Gasteiger partial charge on any atom is -0.318 e. The maximum atomic E-state index is 12.4. The van der Waals surface area contributed by atoms with Crippen LogP contribution in [0.3, 0.4) is 0 Å². The van der Waals surface area contributed by atoms with Gasteiger partial charge in [-0.05, 0) is 5.56 Å². The second-order valence-corrected chi connectivity index (χ2v) is 6.55. The van der Waals surface area contributed by atoms with Crippen molar-refractivity contribution in [2.24, 2.45) is 0 Å². The van der Waals surface area contributed by atoms with Crippen LogP contribution in [0.1, 0.15) is 16.1 Å². The zero-order chi connectivity index (χ0) is 18.0. The van der Waals surface area contributed by atoms with Crippen LogP contribution >= 0.6 is 46.4 Å². The lowest BCUT2D eigenvalue weighted by Crippen LogP contribution is -2.14. The highest BCUT2D eigenvalue weighted by molar-refractivity contribution is 6.52. The number of nitrogens with one attached hydrogen (secondary N) is 1. The van der Waals surface area contributed by atoms with E-state index in [0.29, 0.717) is 12.2 Å². The number of hydrogen-bond acceptors (Lipinski definition) is 3. The maximum absolute atomic E-state index is 12.4. The number of carbonyl (C=O) groups excluding carboxylic acids is 1. The topological polar surface area (TPSA) is 59.8 Å². The van der Waals surface area contributed by atoms with Gasteiger partial charge < -0.3 is 5.32 Å². The summed E-state index contributed by atoms with van der Waals surface area (Å²) in [5, 5.41) is 6.67. The number of anilines is 1. The number of carbonyl (C=O) groups is 1. The van der Waals surface area contributed by atoms with Gasteiger partial charge in [-0.25, -0.2) is 4.98 Å². The Morgan fingerprint density at radius 3 is 2.48 bits per heavy atom. The molecule has 1 N–H and O–H groups in total. The van der Waals surface area contributed by atoms with Gasteiger partial charge in [0.25, 0.3) is 5.91 Å². The number of halogens is 4. The van der Waals surface area contributed by atoms with Gasteiger partial charge in [-0.3, -0.25) is 9.48 Å². The van der Waals surface area contributed by atoms with Gasteiger partial charge in [0.2, 0.25) is 0 Å². The quantitative estimate of drug-likeness (QED) is 0.596. The number of hydrogen-bond donors (Lipinski definition) is 1. The molecular formula is C16H10Cl4N4O.